The fourth-order valence-corrected chi connectivity index (χ4v) is 4.52. The molecule has 0 aliphatic carbocycles. The first-order valence-electron chi connectivity index (χ1n) is 12.3. The van der Waals surface area contributed by atoms with E-state index in [0.717, 1.165) is 0 Å². The second kappa shape index (κ2) is 11.5. The van der Waals surface area contributed by atoms with Gasteiger partial charge in [0, 0.05) is 24.2 Å². The van der Waals surface area contributed by atoms with Crippen molar-refractivity contribution >= 4 is 23.5 Å². The minimum atomic E-state index is -0.922. The van der Waals surface area contributed by atoms with Crippen LogP contribution in [0.2, 0.25) is 0 Å². The maximum Gasteiger partial charge on any atom is 0.307 e. The molecule has 0 spiro atoms. The fourth-order valence-electron chi connectivity index (χ4n) is 4.52. The molecule has 7 nitrogen and oxygen atoms in total. The zero-order chi connectivity index (χ0) is 27.2. The second-order valence-electron chi connectivity index (χ2n) is 8.96. The average molecular weight is 506 g/mol. The molecule has 3 aromatic carbocycles. The van der Waals surface area contributed by atoms with E-state index in [1.165, 1.54) is 9.80 Å². The number of likely N-dealkylation sites (N-methyl/N-ethyl adjacent to an activating group) is 1. The first-order valence-corrected chi connectivity index (χ1v) is 12.3. The smallest absolute Gasteiger partial charge is 0.307 e. The summed E-state index contributed by atoms with van der Waals surface area (Å²) in [5.41, 5.74) is 3.19. The number of ether oxygens (including phenoxy) is 1. The predicted octanol–water partition coefficient (Wildman–Crippen LogP) is 4.46. The van der Waals surface area contributed by atoms with Crippen molar-refractivity contribution in [2.24, 2.45) is 0 Å². The van der Waals surface area contributed by atoms with E-state index in [1.807, 2.05) is 18.2 Å². The van der Waals surface area contributed by atoms with Gasteiger partial charge in [0.15, 0.2) is 0 Å². The van der Waals surface area contributed by atoms with Crippen molar-refractivity contribution in [2.75, 3.05) is 18.6 Å². The van der Waals surface area contributed by atoms with Gasteiger partial charge in [-0.1, -0.05) is 48.2 Å². The zero-order valence-corrected chi connectivity index (χ0v) is 21.5. The molecule has 0 N–H and O–H groups in total. The number of nitriles is 1. The van der Waals surface area contributed by atoms with Crippen molar-refractivity contribution in [1.29, 1.82) is 5.26 Å². The normalized spacial score (nSPS) is 15.5. The molecule has 2 amide bonds. The summed E-state index contributed by atoms with van der Waals surface area (Å²) < 4.78 is 5.13. The highest BCUT2D eigenvalue weighted by Gasteiger charge is 2.42. The number of carbonyl (C=O) groups is 3. The fraction of sp³-hybridized carbons (Fsp3) is 0.226. The van der Waals surface area contributed by atoms with E-state index in [4.69, 9.17) is 10.00 Å². The third-order valence-electron chi connectivity index (χ3n) is 6.37. The highest BCUT2D eigenvalue weighted by atomic mass is 16.5. The van der Waals surface area contributed by atoms with E-state index in [-0.39, 0.29) is 24.8 Å². The van der Waals surface area contributed by atoms with E-state index in [2.05, 4.69) is 17.9 Å². The highest BCUT2D eigenvalue weighted by molar-refractivity contribution is 6.11. The molecule has 0 aromatic heterocycles. The summed E-state index contributed by atoms with van der Waals surface area (Å²) in [5.74, 6) is 4.99. The van der Waals surface area contributed by atoms with Gasteiger partial charge in [0.05, 0.1) is 35.9 Å². The molecule has 0 saturated heterocycles. The molecule has 2 atom stereocenters. The van der Waals surface area contributed by atoms with Crippen LogP contribution >= 0.6 is 0 Å². The van der Waals surface area contributed by atoms with E-state index in [9.17, 15) is 14.4 Å². The Hall–Kier alpha value is -4.88. The van der Waals surface area contributed by atoms with E-state index in [1.54, 1.807) is 75.5 Å². The summed E-state index contributed by atoms with van der Waals surface area (Å²) >= 11 is 0. The molecule has 1 heterocycles. The molecule has 190 valence electrons. The van der Waals surface area contributed by atoms with Crippen LogP contribution in [0.4, 0.5) is 5.69 Å². The van der Waals surface area contributed by atoms with Crippen molar-refractivity contribution in [2.45, 2.75) is 32.4 Å². The lowest BCUT2D eigenvalue weighted by molar-refractivity contribution is -0.144. The number of hydrogen-bond acceptors (Lipinski definition) is 5. The number of anilines is 1. The summed E-state index contributed by atoms with van der Waals surface area (Å²) in [6, 6.07) is 21.7. The third-order valence-corrected chi connectivity index (χ3v) is 6.37. The minimum absolute atomic E-state index is 0.0516. The van der Waals surface area contributed by atoms with Crippen LogP contribution in [0.15, 0.2) is 72.8 Å². The molecular weight excluding hydrogens is 478 g/mol. The lowest BCUT2D eigenvalue weighted by Gasteiger charge is -2.34. The Balaban J connectivity index is 1.79. The Bertz CT molecular complexity index is 1480. The molecular formula is C31H27N3O4. The molecule has 7 heteroatoms. The number of hydrogen-bond donors (Lipinski definition) is 0. The number of rotatable bonds is 5. The molecule has 0 fully saturated rings. The van der Waals surface area contributed by atoms with Gasteiger partial charge in [-0.15, -0.1) is 0 Å². The molecule has 0 saturated carbocycles. The number of carbonyl (C=O) groups excluding carboxylic acids is 3. The number of benzene rings is 3. The van der Waals surface area contributed by atoms with Gasteiger partial charge in [-0.2, -0.15) is 5.26 Å². The zero-order valence-electron chi connectivity index (χ0n) is 21.5. The summed E-state index contributed by atoms with van der Waals surface area (Å²) in [6.07, 6.45) is -0.0516. The first kappa shape index (κ1) is 26.2. The van der Waals surface area contributed by atoms with Crippen LogP contribution in [0.3, 0.4) is 0 Å². The topological polar surface area (TPSA) is 90.7 Å². The first-order chi connectivity index (χ1) is 18.3. The molecule has 0 radical (unpaired) electrons. The Morgan fingerprint density at radius 3 is 2.34 bits per heavy atom. The van der Waals surface area contributed by atoms with Crippen LogP contribution in [0.25, 0.3) is 0 Å². The largest absolute Gasteiger partial charge is 0.466 e. The van der Waals surface area contributed by atoms with Gasteiger partial charge >= 0.3 is 5.97 Å². The number of nitrogens with zero attached hydrogens (tertiary/aromatic N) is 3. The highest BCUT2D eigenvalue weighted by Crippen LogP contribution is 2.36. The molecule has 0 bridgehead atoms. The van der Waals surface area contributed by atoms with E-state index >= 15 is 0 Å². The monoisotopic (exact) mass is 505 g/mol. The Morgan fingerprint density at radius 1 is 0.974 bits per heavy atom. The Kier molecular flexibility index (Phi) is 7.89. The van der Waals surface area contributed by atoms with Gasteiger partial charge < -0.3 is 14.5 Å². The van der Waals surface area contributed by atoms with E-state index in [0.29, 0.717) is 33.5 Å². The summed E-state index contributed by atoms with van der Waals surface area (Å²) in [4.78, 5) is 43.2. The third kappa shape index (κ3) is 5.43. The molecule has 4 rings (SSSR count). The number of fused-ring (bicyclic) bond motifs is 1. The van der Waals surface area contributed by atoms with Gasteiger partial charge in [-0.3, -0.25) is 14.4 Å². The lowest BCUT2D eigenvalue weighted by Crippen LogP contribution is -2.46. The van der Waals surface area contributed by atoms with Crippen LogP contribution in [-0.4, -0.2) is 42.4 Å². The lowest BCUT2D eigenvalue weighted by atomic mass is 10.0. The van der Waals surface area contributed by atoms with Crippen molar-refractivity contribution < 1.29 is 19.1 Å². The molecule has 1 aliphatic rings. The SMILES string of the molecule is CCOC(=O)CC(C)N1C(=O)c2cc(C#Cc3cccc(C#N)c3)ccc2N(C)C(=O)C1c1ccccc1. The van der Waals surface area contributed by atoms with Crippen LogP contribution < -0.4 is 4.90 Å². The van der Waals surface area contributed by atoms with Crippen LogP contribution in [-0.2, 0) is 14.3 Å². The molecule has 2 unspecified atom stereocenters. The predicted molar refractivity (Wildman–Crippen MR) is 143 cm³/mol. The number of esters is 1. The standard InChI is InChI=1S/C31H27N3O4/c1-4-38-28(35)17-21(2)34-29(25-11-6-5-7-12-25)31(37)33(3)27-16-15-23(19-26(27)30(34)36)14-13-22-9-8-10-24(18-22)20-32/h5-12,15-16,18-19,21,29H,4,17H2,1-3H3. The van der Waals surface area contributed by atoms with Crippen molar-refractivity contribution in [3.8, 4) is 17.9 Å². The van der Waals surface area contributed by atoms with Crippen LogP contribution in [0, 0.1) is 23.2 Å². The molecule has 3 aromatic rings. The van der Waals surface area contributed by atoms with Crippen molar-refractivity contribution in [1.82, 2.24) is 4.90 Å². The van der Waals surface area contributed by atoms with Crippen LogP contribution in [0.1, 0.15) is 58.9 Å². The summed E-state index contributed by atoms with van der Waals surface area (Å²) in [5, 5.41) is 9.14. The average Bonchev–Trinajstić information content (AvgIpc) is 3.01. The van der Waals surface area contributed by atoms with Crippen molar-refractivity contribution in [3.63, 3.8) is 0 Å². The van der Waals surface area contributed by atoms with Crippen molar-refractivity contribution in [3.05, 3.63) is 101 Å². The molecule has 38 heavy (non-hydrogen) atoms. The summed E-state index contributed by atoms with van der Waals surface area (Å²) in [6.45, 7) is 3.70. The summed E-state index contributed by atoms with van der Waals surface area (Å²) in [7, 11) is 1.64. The maximum atomic E-state index is 14.1. The van der Waals surface area contributed by atoms with Gasteiger partial charge in [0.2, 0.25) is 0 Å². The molecule has 1 aliphatic heterocycles. The van der Waals surface area contributed by atoms with Gasteiger partial charge in [0.25, 0.3) is 11.8 Å². The Morgan fingerprint density at radius 2 is 1.66 bits per heavy atom. The van der Waals surface area contributed by atoms with Gasteiger partial charge in [0.1, 0.15) is 6.04 Å². The second-order valence-corrected chi connectivity index (χ2v) is 8.96. The number of amides is 2. The quantitative estimate of drug-likeness (QED) is 0.377. The maximum absolute atomic E-state index is 14.1. The van der Waals surface area contributed by atoms with E-state index < -0.39 is 18.1 Å². The van der Waals surface area contributed by atoms with Crippen LogP contribution in [0.5, 0.6) is 0 Å². The van der Waals surface area contributed by atoms with Gasteiger partial charge in [-0.25, -0.2) is 0 Å². The van der Waals surface area contributed by atoms with Gasteiger partial charge in [-0.05, 0) is 55.8 Å². The Labute approximate surface area is 222 Å². The minimum Gasteiger partial charge on any atom is -0.466 e.